The van der Waals surface area contributed by atoms with Crippen molar-refractivity contribution in [3.8, 4) is 0 Å². The summed E-state index contributed by atoms with van der Waals surface area (Å²) in [6.45, 7) is 2.45. The minimum Gasteiger partial charge on any atom is -0.367 e. The average molecular weight is 301 g/mol. The number of Topliss-reactive ketones (excluding diaryl/α,β-unsaturated/α-hetero) is 1. The number of ether oxygens (including phenoxy) is 1. The Labute approximate surface area is 108 Å². The molecule has 1 saturated heterocycles. The Balaban J connectivity index is 2.15. The molecule has 0 spiro atoms. The van der Waals surface area contributed by atoms with Crippen molar-refractivity contribution in [1.29, 1.82) is 0 Å². The number of benzene rings is 1. The van der Waals surface area contributed by atoms with E-state index in [1.807, 2.05) is 6.92 Å². The predicted molar refractivity (Wildman–Crippen MR) is 66.4 cm³/mol. The summed E-state index contributed by atoms with van der Waals surface area (Å²) in [5.41, 5.74) is -0.0158. The van der Waals surface area contributed by atoms with Gasteiger partial charge in [-0.25, -0.2) is 4.39 Å². The van der Waals surface area contributed by atoms with E-state index in [9.17, 15) is 9.18 Å². The van der Waals surface area contributed by atoms with Crippen LogP contribution in [-0.4, -0.2) is 18.0 Å². The maximum Gasteiger partial charge on any atom is 0.168 e. The standard InChI is InChI=1S/C13H14BrFO2/c1-13(5-2-6-17-13)12(16)8-9-7-10(15)3-4-11(9)14/h3-4,7H,2,5-6,8H2,1H3. The topological polar surface area (TPSA) is 26.3 Å². The molecule has 92 valence electrons. The maximum absolute atomic E-state index is 13.1. The lowest BCUT2D eigenvalue weighted by atomic mass is 9.92. The van der Waals surface area contributed by atoms with Gasteiger partial charge in [-0.2, -0.15) is 0 Å². The van der Waals surface area contributed by atoms with Crippen LogP contribution in [0.15, 0.2) is 22.7 Å². The van der Waals surface area contributed by atoms with Gasteiger partial charge in [0.15, 0.2) is 5.78 Å². The van der Waals surface area contributed by atoms with Crippen molar-refractivity contribution in [1.82, 2.24) is 0 Å². The number of ketones is 1. The molecule has 2 nitrogen and oxygen atoms in total. The van der Waals surface area contributed by atoms with Crippen molar-refractivity contribution in [2.45, 2.75) is 31.8 Å². The van der Waals surface area contributed by atoms with E-state index >= 15 is 0 Å². The fourth-order valence-corrected chi connectivity index (χ4v) is 2.42. The zero-order valence-electron chi connectivity index (χ0n) is 9.63. The second kappa shape index (κ2) is 4.86. The van der Waals surface area contributed by atoms with Gasteiger partial charge in [-0.05, 0) is 43.5 Å². The maximum atomic E-state index is 13.1. The van der Waals surface area contributed by atoms with Gasteiger partial charge in [0.25, 0.3) is 0 Å². The lowest BCUT2D eigenvalue weighted by Crippen LogP contribution is -2.35. The average Bonchev–Trinajstić information content (AvgIpc) is 2.72. The summed E-state index contributed by atoms with van der Waals surface area (Å²) in [5, 5.41) is 0. The third-order valence-electron chi connectivity index (χ3n) is 3.17. The summed E-state index contributed by atoms with van der Waals surface area (Å²) in [6.07, 6.45) is 1.86. The molecule has 1 aliphatic heterocycles. The Hall–Kier alpha value is -0.740. The Morgan fingerprint density at radius 1 is 1.59 bits per heavy atom. The van der Waals surface area contributed by atoms with Crippen LogP contribution in [0.25, 0.3) is 0 Å². The third kappa shape index (κ3) is 2.75. The molecule has 1 aromatic carbocycles. The van der Waals surface area contributed by atoms with Gasteiger partial charge in [-0.1, -0.05) is 15.9 Å². The molecule has 0 aliphatic carbocycles. The molecule has 1 fully saturated rings. The van der Waals surface area contributed by atoms with Crippen LogP contribution < -0.4 is 0 Å². The van der Waals surface area contributed by atoms with Crippen LogP contribution in [0.4, 0.5) is 4.39 Å². The number of halogens is 2. The van der Waals surface area contributed by atoms with Gasteiger partial charge in [0.05, 0.1) is 0 Å². The SMILES string of the molecule is CC1(C(=O)Cc2cc(F)ccc2Br)CCCO1. The molecule has 1 aliphatic rings. The number of carbonyl (C=O) groups excluding carboxylic acids is 1. The minimum absolute atomic E-state index is 0.0151. The lowest BCUT2D eigenvalue weighted by molar-refractivity contribution is -0.136. The van der Waals surface area contributed by atoms with Gasteiger partial charge in [-0.15, -0.1) is 0 Å². The van der Waals surface area contributed by atoms with Gasteiger partial charge in [0.1, 0.15) is 11.4 Å². The van der Waals surface area contributed by atoms with E-state index in [0.717, 1.165) is 17.3 Å². The zero-order valence-corrected chi connectivity index (χ0v) is 11.2. The first-order valence-electron chi connectivity index (χ1n) is 5.62. The molecule has 1 heterocycles. The molecule has 2 rings (SSSR count). The third-order valence-corrected chi connectivity index (χ3v) is 3.94. The number of hydrogen-bond donors (Lipinski definition) is 0. The van der Waals surface area contributed by atoms with Gasteiger partial charge in [0, 0.05) is 17.5 Å². The second-order valence-corrected chi connectivity index (χ2v) is 5.37. The van der Waals surface area contributed by atoms with Crippen molar-refractivity contribution < 1.29 is 13.9 Å². The van der Waals surface area contributed by atoms with E-state index in [0.29, 0.717) is 12.2 Å². The summed E-state index contributed by atoms with van der Waals surface area (Å²) in [5.74, 6) is -0.310. The molecule has 0 radical (unpaired) electrons. The zero-order chi connectivity index (χ0) is 12.5. The number of rotatable bonds is 3. The van der Waals surface area contributed by atoms with E-state index in [2.05, 4.69) is 15.9 Å². The molecule has 17 heavy (non-hydrogen) atoms. The van der Waals surface area contributed by atoms with Crippen molar-refractivity contribution in [3.63, 3.8) is 0 Å². The summed E-state index contributed by atoms with van der Waals surface area (Å²) >= 11 is 3.33. The van der Waals surface area contributed by atoms with Gasteiger partial charge < -0.3 is 4.74 Å². The molecular formula is C13H14BrFO2. The van der Waals surface area contributed by atoms with Crippen LogP contribution in [-0.2, 0) is 16.0 Å². The molecule has 4 heteroatoms. The summed E-state index contributed by atoms with van der Waals surface area (Å²) in [6, 6.07) is 4.38. The first kappa shape index (κ1) is 12.7. The summed E-state index contributed by atoms with van der Waals surface area (Å²) < 4.78 is 19.4. The Morgan fingerprint density at radius 2 is 2.35 bits per heavy atom. The summed E-state index contributed by atoms with van der Waals surface area (Å²) in [7, 11) is 0. The van der Waals surface area contributed by atoms with Crippen LogP contribution in [0.3, 0.4) is 0 Å². The predicted octanol–water partition coefficient (Wildman–Crippen LogP) is 3.27. The molecule has 1 atom stereocenters. The van der Waals surface area contributed by atoms with E-state index in [-0.39, 0.29) is 18.0 Å². The van der Waals surface area contributed by atoms with E-state index in [1.165, 1.54) is 12.1 Å². The van der Waals surface area contributed by atoms with Crippen LogP contribution in [0.1, 0.15) is 25.3 Å². The molecular weight excluding hydrogens is 287 g/mol. The van der Waals surface area contributed by atoms with Crippen molar-refractivity contribution in [2.75, 3.05) is 6.61 Å². The highest BCUT2D eigenvalue weighted by atomic mass is 79.9. The molecule has 0 bridgehead atoms. The van der Waals surface area contributed by atoms with E-state index in [1.54, 1.807) is 6.07 Å². The first-order chi connectivity index (χ1) is 8.01. The number of hydrogen-bond acceptors (Lipinski definition) is 2. The molecule has 0 aromatic heterocycles. The van der Waals surface area contributed by atoms with Gasteiger partial charge in [0.2, 0.25) is 0 Å². The fourth-order valence-electron chi connectivity index (χ4n) is 2.04. The minimum atomic E-state index is -0.689. The highest BCUT2D eigenvalue weighted by Crippen LogP contribution is 2.28. The van der Waals surface area contributed by atoms with Crippen molar-refractivity contribution in [3.05, 3.63) is 34.1 Å². The van der Waals surface area contributed by atoms with E-state index < -0.39 is 5.60 Å². The Morgan fingerprint density at radius 3 is 3.00 bits per heavy atom. The fraction of sp³-hybridized carbons (Fsp3) is 0.462. The van der Waals surface area contributed by atoms with Crippen LogP contribution in [0, 0.1) is 5.82 Å². The van der Waals surface area contributed by atoms with Crippen LogP contribution >= 0.6 is 15.9 Å². The van der Waals surface area contributed by atoms with Gasteiger partial charge in [-0.3, -0.25) is 4.79 Å². The van der Waals surface area contributed by atoms with Gasteiger partial charge >= 0.3 is 0 Å². The highest BCUT2D eigenvalue weighted by Gasteiger charge is 2.37. The Bertz CT molecular complexity index is 439. The molecule has 0 N–H and O–H groups in total. The first-order valence-corrected chi connectivity index (χ1v) is 6.42. The van der Waals surface area contributed by atoms with Crippen molar-refractivity contribution >= 4 is 21.7 Å². The molecule has 1 unspecified atom stereocenters. The molecule has 0 saturated carbocycles. The summed E-state index contributed by atoms with van der Waals surface area (Å²) in [4.78, 5) is 12.1. The molecule has 0 amide bonds. The number of carbonyl (C=O) groups is 1. The quantitative estimate of drug-likeness (QED) is 0.856. The lowest BCUT2D eigenvalue weighted by Gasteiger charge is -2.21. The Kier molecular flexibility index (Phi) is 3.64. The molecule has 1 aromatic rings. The van der Waals surface area contributed by atoms with E-state index in [4.69, 9.17) is 4.74 Å². The smallest absolute Gasteiger partial charge is 0.168 e. The normalized spacial score (nSPS) is 23.9. The van der Waals surface area contributed by atoms with Crippen molar-refractivity contribution in [2.24, 2.45) is 0 Å². The van der Waals surface area contributed by atoms with Crippen LogP contribution in [0.5, 0.6) is 0 Å². The monoisotopic (exact) mass is 300 g/mol. The van der Waals surface area contributed by atoms with Crippen LogP contribution in [0.2, 0.25) is 0 Å². The second-order valence-electron chi connectivity index (χ2n) is 4.52. The largest absolute Gasteiger partial charge is 0.367 e. The highest BCUT2D eigenvalue weighted by molar-refractivity contribution is 9.10.